The van der Waals surface area contributed by atoms with Crippen LogP contribution in [0.3, 0.4) is 0 Å². The van der Waals surface area contributed by atoms with Gasteiger partial charge in [0.25, 0.3) is 5.91 Å². The Bertz CT molecular complexity index is 1100. The monoisotopic (exact) mass is 453 g/mol. The van der Waals surface area contributed by atoms with Gasteiger partial charge in [0, 0.05) is 24.2 Å². The minimum atomic E-state index is -0.778. The molecule has 0 aliphatic heterocycles. The van der Waals surface area contributed by atoms with Crippen molar-refractivity contribution in [3.05, 3.63) is 83.6 Å². The van der Waals surface area contributed by atoms with Gasteiger partial charge in [-0.1, -0.05) is 18.2 Å². The first-order valence-electron chi connectivity index (χ1n) is 10.9. The van der Waals surface area contributed by atoms with Crippen molar-refractivity contribution in [1.82, 2.24) is 15.6 Å². The fourth-order valence-electron chi connectivity index (χ4n) is 3.90. The molecule has 0 bridgehead atoms. The van der Waals surface area contributed by atoms with E-state index < -0.39 is 17.7 Å². The van der Waals surface area contributed by atoms with E-state index in [4.69, 9.17) is 4.74 Å². The molecular formula is C25H25F2N3O3. The number of nitrogens with one attached hydrogen (secondary N) is 2. The summed E-state index contributed by atoms with van der Waals surface area (Å²) in [5.41, 5.74) is 0.964. The summed E-state index contributed by atoms with van der Waals surface area (Å²) < 4.78 is 32.4. The van der Waals surface area contributed by atoms with Gasteiger partial charge in [0.1, 0.15) is 22.9 Å². The Morgan fingerprint density at radius 3 is 2.39 bits per heavy atom. The van der Waals surface area contributed by atoms with Gasteiger partial charge < -0.3 is 20.5 Å². The Balaban J connectivity index is 1.32. The molecule has 3 aromatic rings. The summed E-state index contributed by atoms with van der Waals surface area (Å²) in [6, 6.07) is 15.1. The fraction of sp³-hybridized carbons (Fsp3) is 0.280. The first-order chi connectivity index (χ1) is 16.0. The summed E-state index contributed by atoms with van der Waals surface area (Å²) in [5.74, 6) is -1.25. The second kappa shape index (κ2) is 10.4. The van der Waals surface area contributed by atoms with Crippen molar-refractivity contribution in [2.75, 3.05) is 0 Å². The second-order valence-corrected chi connectivity index (χ2v) is 8.07. The normalized spacial score (nSPS) is 18.0. The molecule has 1 aromatic heterocycles. The van der Waals surface area contributed by atoms with E-state index in [1.165, 1.54) is 30.3 Å². The highest BCUT2D eigenvalue weighted by Crippen LogP contribution is 2.25. The van der Waals surface area contributed by atoms with Crippen molar-refractivity contribution < 1.29 is 23.4 Å². The summed E-state index contributed by atoms with van der Waals surface area (Å²) in [5, 5.41) is 16.3. The molecule has 1 saturated carbocycles. The van der Waals surface area contributed by atoms with Crippen LogP contribution in [0.1, 0.15) is 41.6 Å². The van der Waals surface area contributed by atoms with Crippen LogP contribution in [0.2, 0.25) is 0 Å². The largest absolute Gasteiger partial charge is 0.508 e. The summed E-state index contributed by atoms with van der Waals surface area (Å²) in [6.45, 7) is 0.583. The molecule has 1 heterocycles. The fourth-order valence-corrected chi connectivity index (χ4v) is 3.90. The maximum absolute atomic E-state index is 13.7. The van der Waals surface area contributed by atoms with E-state index in [9.17, 15) is 18.7 Å². The molecule has 6 nitrogen and oxygen atoms in total. The number of halogens is 2. The van der Waals surface area contributed by atoms with E-state index in [0.29, 0.717) is 12.6 Å². The van der Waals surface area contributed by atoms with Crippen molar-refractivity contribution in [3.8, 4) is 17.4 Å². The van der Waals surface area contributed by atoms with Gasteiger partial charge >= 0.3 is 0 Å². The smallest absolute Gasteiger partial charge is 0.257 e. The van der Waals surface area contributed by atoms with Crippen LogP contribution in [0.4, 0.5) is 8.78 Å². The molecule has 1 aliphatic carbocycles. The second-order valence-electron chi connectivity index (χ2n) is 8.07. The zero-order valence-electron chi connectivity index (χ0n) is 17.9. The number of aromatic hydroxyl groups is 1. The topological polar surface area (TPSA) is 83.5 Å². The molecule has 0 saturated heterocycles. The van der Waals surface area contributed by atoms with Crippen molar-refractivity contribution in [1.29, 1.82) is 0 Å². The van der Waals surface area contributed by atoms with E-state index >= 15 is 0 Å². The van der Waals surface area contributed by atoms with E-state index in [-0.39, 0.29) is 29.0 Å². The van der Waals surface area contributed by atoms with Crippen molar-refractivity contribution >= 4 is 5.91 Å². The summed E-state index contributed by atoms with van der Waals surface area (Å²) >= 11 is 0. The SMILES string of the molecule is O=C(NC1CCC(NCc2ccccc2O)CC1)c1ccc(F)nc1Oc1ccc(F)cc1. The Hall–Kier alpha value is -3.52. The van der Waals surface area contributed by atoms with E-state index in [1.54, 1.807) is 12.1 Å². The summed E-state index contributed by atoms with van der Waals surface area (Å²) in [6.07, 6.45) is 3.32. The minimum absolute atomic E-state index is 0.0237. The number of rotatable bonds is 7. The number of carbonyl (C=O) groups excluding carboxylic acids is 1. The molecule has 4 rings (SSSR count). The Morgan fingerprint density at radius 2 is 1.67 bits per heavy atom. The lowest BCUT2D eigenvalue weighted by molar-refractivity contribution is 0.0921. The van der Waals surface area contributed by atoms with Crippen molar-refractivity contribution in [3.63, 3.8) is 0 Å². The van der Waals surface area contributed by atoms with Gasteiger partial charge in [-0.05, 0) is 68.1 Å². The van der Waals surface area contributed by atoms with E-state index in [0.717, 1.165) is 37.3 Å². The molecule has 0 spiro atoms. The van der Waals surface area contributed by atoms with Gasteiger partial charge in [0.15, 0.2) is 0 Å². The first-order valence-corrected chi connectivity index (χ1v) is 10.9. The van der Waals surface area contributed by atoms with Gasteiger partial charge in [-0.3, -0.25) is 4.79 Å². The Kier molecular flexibility index (Phi) is 7.14. The highest BCUT2D eigenvalue weighted by molar-refractivity contribution is 5.96. The van der Waals surface area contributed by atoms with Gasteiger partial charge in [0.05, 0.1) is 0 Å². The number of benzene rings is 2. The van der Waals surface area contributed by atoms with Crippen LogP contribution in [-0.4, -0.2) is 28.1 Å². The highest BCUT2D eigenvalue weighted by Gasteiger charge is 2.24. The zero-order valence-corrected chi connectivity index (χ0v) is 17.9. The minimum Gasteiger partial charge on any atom is -0.508 e. The molecule has 3 N–H and O–H groups in total. The van der Waals surface area contributed by atoms with Gasteiger partial charge in [0.2, 0.25) is 11.8 Å². The number of hydrogen-bond donors (Lipinski definition) is 3. The summed E-state index contributed by atoms with van der Waals surface area (Å²) in [7, 11) is 0. The van der Waals surface area contributed by atoms with Crippen molar-refractivity contribution in [2.24, 2.45) is 0 Å². The van der Waals surface area contributed by atoms with Crippen LogP contribution in [-0.2, 0) is 6.54 Å². The lowest BCUT2D eigenvalue weighted by Gasteiger charge is -2.30. The lowest BCUT2D eigenvalue weighted by atomic mass is 9.91. The molecule has 8 heteroatoms. The number of pyridine rings is 1. The summed E-state index contributed by atoms with van der Waals surface area (Å²) in [4.78, 5) is 16.6. The standard InChI is InChI=1S/C25H25F2N3O3/c26-17-5-11-20(12-6-17)33-25-21(13-14-23(27)30-25)24(32)29-19-9-7-18(8-10-19)28-15-16-3-1-2-4-22(16)31/h1-6,11-14,18-19,28,31H,7-10,15H2,(H,29,32). The predicted molar refractivity (Wildman–Crippen MR) is 119 cm³/mol. The highest BCUT2D eigenvalue weighted by atomic mass is 19.1. The molecular weight excluding hydrogens is 428 g/mol. The lowest BCUT2D eigenvalue weighted by Crippen LogP contribution is -2.42. The average Bonchev–Trinajstić information content (AvgIpc) is 2.81. The number of para-hydroxylation sites is 1. The van der Waals surface area contributed by atoms with Crippen LogP contribution < -0.4 is 15.4 Å². The number of aromatic nitrogens is 1. The third-order valence-electron chi connectivity index (χ3n) is 5.73. The molecule has 0 unspecified atom stereocenters. The van der Waals surface area contributed by atoms with Crippen LogP contribution in [0, 0.1) is 11.8 Å². The maximum Gasteiger partial charge on any atom is 0.257 e. The number of phenols is 1. The van der Waals surface area contributed by atoms with Crippen LogP contribution in [0.5, 0.6) is 17.4 Å². The Labute approximate surface area is 190 Å². The molecule has 0 atom stereocenters. The molecule has 1 fully saturated rings. The van der Waals surface area contributed by atoms with Gasteiger partial charge in [-0.25, -0.2) is 4.39 Å². The molecule has 1 aliphatic rings. The zero-order chi connectivity index (χ0) is 23.2. The predicted octanol–water partition coefficient (Wildman–Crippen LogP) is 4.69. The molecule has 0 radical (unpaired) electrons. The number of hydrogen-bond acceptors (Lipinski definition) is 5. The van der Waals surface area contributed by atoms with E-state index in [1.807, 2.05) is 12.1 Å². The molecule has 172 valence electrons. The average molecular weight is 453 g/mol. The third kappa shape index (κ3) is 6.04. The van der Waals surface area contributed by atoms with Crippen LogP contribution >= 0.6 is 0 Å². The first kappa shape index (κ1) is 22.7. The molecule has 2 aromatic carbocycles. The van der Waals surface area contributed by atoms with Crippen molar-refractivity contribution in [2.45, 2.75) is 44.3 Å². The Morgan fingerprint density at radius 1 is 0.970 bits per heavy atom. The van der Waals surface area contributed by atoms with Gasteiger partial charge in [-0.15, -0.1) is 0 Å². The molecule has 1 amide bonds. The van der Waals surface area contributed by atoms with Gasteiger partial charge in [-0.2, -0.15) is 9.37 Å². The number of phenolic OH excluding ortho intramolecular Hbond substituents is 1. The maximum atomic E-state index is 13.7. The number of carbonyl (C=O) groups is 1. The van der Waals surface area contributed by atoms with E-state index in [2.05, 4.69) is 15.6 Å². The third-order valence-corrected chi connectivity index (χ3v) is 5.73. The van der Waals surface area contributed by atoms with Crippen LogP contribution in [0.15, 0.2) is 60.7 Å². The number of nitrogens with zero attached hydrogens (tertiary/aromatic N) is 1. The quantitative estimate of drug-likeness (QED) is 0.452. The number of amides is 1. The number of ether oxygens (including phenoxy) is 1. The van der Waals surface area contributed by atoms with Crippen LogP contribution in [0.25, 0.3) is 0 Å². The molecule has 33 heavy (non-hydrogen) atoms.